The summed E-state index contributed by atoms with van der Waals surface area (Å²) in [6, 6.07) is 15.5. The summed E-state index contributed by atoms with van der Waals surface area (Å²) in [4.78, 5) is 62.7. The van der Waals surface area contributed by atoms with Gasteiger partial charge in [0.05, 0.1) is 33.7 Å². The zero-order valence-electron chi connectivity index (χ0n) is 57.8. The van der Waals surface area contributed by atoms with Crippen molar-refractivity contribution in [3.05, 3.63) is 88.0 Å². The Hall–Kier alpha value is -5.24. The molecule has 2 unspecified atom stereocenters. The number of aryl methyl sites for hydroxylation is 1. The van der Waals surface area contributed by atoms with Crippen LogP contribution in [0.25, 0.3) is 28.4 Å². The van der Waals surface area contributed by atoms with Gasteiger partial charge in [0.25, 0.3) is 11.8 Å². The van der Waals surface area contributed by atoms with Crippen molar-refractivity contribution in [1.29, 1.82) is 0 Å². The first-order valence-corrected chi connectivity index (χ1v) is 37.8. The number of amides is 2. The van der Waals surface area contributed by atoms with E-state index in [2.05, 4.69) is 39.8 Å². The molecule has 4 heterocycles. The van der Waals surface area contributed by atoms with E-state index in [1.165, 1.54) is 257 Å². The molecule has 7 rings (SSSR count). The van der Waals surface area contributed by atoms with Gasteiger partial charge in [-0.25, -0.2) is 9.59 Å². The van der Waals surface area contributed by atoms with E-state index in [-0.39, 0.29) is 34.5 Å². The van der Waals surface area contributed by atoms with E-state index < -0.39 is 11.9 Å². The van der Waals surface area contributed by atoms with Crippen molar-refractivity contribution in [3.8, 4) is 11.5 Å². The summed E-state index contributed by atoms with van der Waals surface area (Å²) in [6.07, 6.45) is 60.9. The molecule has 3 aromatic rings. The number of anilines is 2. The Bertz CT molecular complexity index is 2800. The lowest BCUT2D eigenvalue weighted by molar-refractivity contribution is -0.127. The van der Waals surface area contributed by atoms with E-state index in [0.717, 1.165) is 53.7 Å². The standard InChI is InChI=1S/C82H122N2O6/c1-7-12-16-20-24-28-30-34-38-42-49-64(47-40-36-32-26-22-18-14-9-3)51-44-57-83-71-59-63(6)53-55-67(71)75(79(83)85)77-69-61-74-70(62-73(69)89-81(77)87)78(82(88)90-74)76-68-56-54-66(46-11-5)60-72(68)84(80(76)86)58-45-52-65(48-41-37-33-27-23-19-15-10-4)50-43-39-35-31-29-25-21-17-13-8-2/h11,46,53-56,59-62,64-65H,7-10,12-45,47-52,57-58H2,1-6H3/b46-11+,77-75+,78-76+. The van der Waals surface area contributed by atoms with Gasteiger partial charge >= 0.3 is 11.9 Å². The molecular weight excluding hydrogens is 1110 g/mol. The lowest BCUT2D eigenvalue weighted by atomic mass is 9.90. The van der Waals surface area contributed by atoms with Crippen LogP contribution in [0.3, 0.4) is 0 Å². The maximum Gasteiger partial charge on any atom is 0.345 e. The molecule has 90 heavy (non-hydrogen) atoms. The molecule has 4 aliphatic heterocycles. The van der Waals surface area contributed by atoms with Gasteiger partial charge in [0.2, 0.25) is 0 Å². The SMILES string of the molecule is C/C=C/c1ccc2c(c1)N(CCCC(CCCCCCCCCC)CCCCCCCCCCCC)C(=O)/C2=C1/C(=O)Oc2cc3c(cc21)OC(=O)/C3=C1/C(=O)N(CCCC(CCCCCCCCCC)CCCCCCCCCCCC)c2cc(C)ccc21. The third-order valence-electron chi connectivity index (χ3n) is 20.4. The van der Waals surface area contributed by atoms with Crippen LogP contribution in [0.1, 0.15) is 351 Å². The maximum absolute atomic E-state index is 15.1. The zero-order chi connectivity index (χ0) is 63.7. The quantitative estimate of drug-likeness (QED) is 0.0242. The van der Waals surface area contributed by atoms with Gasteiger partial charge in [-0.05, 0) is 86.8 Å². The van der Waals surface area contributed by atoms with Gasteiger partial charge in [-0.2, -0.15) is 0 Å². The van der Waals surface area contributed by atoms with Gasteiger partial charge in [0.15, 0.2) is 0 Å². The third kappa shape index (κ3) is 21.7. The first-order valence-electron chi connectivity index (χ1n) is 37.8. The lowest BCUT2D eigenvalue weighted by Crippen LogP contribution is -2.28. The van der Waals surface area contributed by atoms with E-state index in [0.29, 0.717) is 52.8 Å². The smallest absolute Gasteiger partial charge is 0.345 e. The minimum atomic E-state index is -0.609. The number of benzene rings is 3. The Balaban J connectivity index is 1.05. The average Bonchev–Trinajstić information content (AvgIpc) is 1.58. The summed E-state index contributed by atoms with van der Waals surface area (Å²) in [5.74, 6) is 0.144. The van der Waals surface area contributed by atoms with Crippen LogP contribution >= 0.6 is 0 Å². The molecule has 0 fully saturated rings. The average molecular weight is 1230 g/mol. The fraction of sp³-hybridized carbons (Fsp3) is 0.659. The number of nitrogens with zero attached hydrogens (tertiary/aromatic N) is 2. The molecular formula is C82H122N2O6. The van der Waals surface area contributed by atoms with Crippen molar-refractivity contribution >= 4 is 63.5 Å². The van der Waals surface area contributed by atoms with Crippen LogP contribution in [-0.4, -0.2) is 36.8 Å². The fourth-order valence-corrected chi connectivity index (χ4v) is 15.0. The van der Waals surface area contributed by atoms with Gasteiger partial charge < -0.3 is 19.3 Å². The summed E-state index contributed by atoms with van der Waals surface area (Å²) < 4.78 is 12.2. The molecule has 8 nitrogen and oxygen atoms in total. The molecule has 2 atom stereocenters. The Kier molecular flexibility index (Phi) is 32.6. The van der Waals surface area contributed by atoms with E-state index in [4.69, 9.17) is 9.47 Å². The molecule has 0 saturated heterocycles. The molecule has 0 N–H and O–H groups in total. The minimum absolute atomic E-state index is 0.184. The van der Waals surface area contributed by atoms with Crippen LogP contribution in [-0.2, 0) is 19.2 Å². The van der Waals surface area contributed by atoms with Crippen molar-refractivity contribution in [2.45, 2.75) is 324 Å². The van der Waals surface area contributed by atoms with Gasteiger partial charge in [0.1, 0.15) is 11.5 Å². The molecule has 4 aliphatic rings. The summed E-state index contributed by atoms with van der Waals surface area (Å²) in [7, 11) is 0. The monoisotopic (exact) mass is 1230 g/mol. The predicted octanol–water partition coefficient (Wildman–Crippen LogP) is 23.9. The second-order valence-corrected chi connectivity index (χ2v) is 27.8. The van der Waals surface area contributed by atoms with Gasteiger partial charge in [-0.1, -0.05) is 321 Å². The summed E-state index contributed by atoms with van der Waals surface area (Å²) >= 11 is 0. The van der Waals surface area contributed by atoms with Crippen molar-refractivity contribution in [3.63, 3.8) is 0 Å². The van der Waals surface area contributed by atoms with Crippen molar-refractivity contribution in [1.82, 2.24) is 0 Å². The van der Waals surface area contributed by atoms with Gasteiger partial charge in [-0.15, -0.1) is 0 Å². The molecule has 0 bridgehead atoms. The highest BCUT2D eigenvalue weighted by molar-refractivity contribution is 6.48. The number of hydrogen-bond donors (Lipinski definition) is 0. The van der Waals surface area contributed by atoms with Crippen LogP contribution in [0, 0.1) is 18.8 Å². The molecule has 0 aliphatic carbocycles. The first-order chi connectivity index (χ1) is 44.1. The molecule has 8 heteroatoms. The van der Waals surface area contributed by atoms with Gasteiger partial charge in [-0.3, -0.25) is 9.59 Å². The highest BCUT2D eigenvalue weighted by Gasteiger charge is 2.45. The number of carbonyl (C=O) groups excluding carboxylic acids is 4. The lowest BCUT2D eigenvalue weighted by Gasteiger charge is -2.21. The Morgan fingerprint density at radius 3 is 1.01 bits per heavy atom. The van der Waals surface area contributed by atoms with Gasteiger partial charge in [0, 0.05) is 35.3 Å². The highest BCUT2D eigenvalue weighted by atomic mass is 16.5. The van der Waals surface area contributed by atoms with Crippen LogP contribution < -0.4 is 19.3 Å². The van der Waals surface area contributed by atoms with E-state index >= 15 is 9.59 Å². The molecule has 0 radical (unpaired) electrons. The topological polar surface area (TPSA) is 93.2 Å². The Labute approximate surface area is 547 Å². The molecule has 0 saturated carbocycles. The third-order valence-corrected chi connectivity index (χ3v) is 20.4. The number of carbonyl (C=O) groups is 4. The molecule has 0 spiro atoms. The number of unbranched alkanes of at least 4 members (excludes halogenated alkanes) is 32. The predicted molar refractivity (Wildman–Crippen MR) is 381 cm³/mol. The second kappa shape index (κ2) is 40.7. The zero-order valence-corrected chi connectivity index (χ0v) is 57.8. The van der Waals surface area contributed by atoms with Crippen molar-refractivity contribution in [2.75, 3.05) is 22.9 Å². The van der Waals surface area contributed by atoms with Crippen LogP contribution in [0.15, 0.2) is 54.6 Å². The largest absolute Gasteiger partial charge is 0.422 e. The Morgan fingerprint density at radius 2 is 0.667 bits per heavy atom. The van der Waals surface area contributed by atoms with E-state index in [1.54, 1.807) is 12.1 Å². The summed E-state index contributed by atoms with van der Waals surface area (Å²) in [5.41, 5.74) is 6.95. The Morgan fingerprint density at radius 1 is 0.356 bits per heavy atom. The number of hydrogen-bond acceptors (Lipinski definition) is 6. The number of fused-ring (bicyclic) bond motifs is 4. The normalized spacial score (nSPS) is 16.6. The molecule has 3 aromatic carbocycles. The van der Waals surface area contributed by atoms with Crippen LogP contribution in [0.5, 0.6) is 11.5 Å². The van der Waals surface area contributed by atoms with Crippen LogP contribution in [0.4, 0.5) is 11.4 Å². The number of rotatable bonds is 49. The summed E-state index contributed by atoms with van der Waals surface area (Å²) in [6.45, 7) is 14.3. The molecule has 496 valence electrons. The maximum atomic E-state index is 15.1. The molecule has 2 amide bonds. The summed E-state index contributed by atoms with van der Waals surface area (Å²) in [5, 5.41) is 0. The van der Waals surface area contributed by atoms with E-state index in [1.807, 2.05) is 60.1 Å². The van der Waals surface area contributed by atoms with Crippen molar-refractivity contribution < 1.29 is 28.7 Å². The van der Waals surface area contributed by atoms with Crippen molar-refractivity contribution in [2.24, 2.45) is 11.8 Å². The second-order valence-electron chi connectivity index (χ2n) is 27.8. The molecule has 0 aromatic heterocycles. The number of esters is 2. The minimum Gasteiger partial charge on any atom is -0.422 e. The number of ether oxygens (including phenoxy) is 2. The highest BCUT2D eigenvalue weighted by Crippen LogP contribution is 2.52. The first kappa shape index (κ1) is 72.2. The fourth-order valence-electron chi connectivity index (χ4n) is 15.0. The van der Waals surface area contributed by atoms with Crippen LogP contribution in [0.2, 0.25) is 0 Å². The van der Waals surface area contributed by atoms with E-state index in [9.17, 15) is 9.59 Å². The number of allylic oxidation sites excluding steroid dienone is 1.